The summed E-state index contributed by atoms with van der Waals surface area (Å²) in [5.74, 6) is 0. The SMILES string of the molecule is C(=Nc1ccc(-c2ccc(N=Cc3ccccc3)cc2)cc1)c1ccccc1.O. The van der Waals surface area contributed by atoms with Crippen LogP contribution in [0.1, 0.15) is 11.1 Å². The molecule has 3 heteroatoms. The Morgan fingerprint density at radius 2 is 0.759 bits per heavy atom. The van der Waals surface area contributed by atoms with Gasteiger partial charge in [0.25, 0.3) is 0 Å². The fourth-order valence-electron chi connectivity index (χ4n) is 2.86. The molecule has 0 unspecified atom stereocenters. The van der Waals surface area contributed by atoms with Crippen molar-refractivity contribution in [3.63, 3.8) is 0 Å². The first-order valence-electron chi connectivity index (χ1n) is 9.26. The second-order valence-corrected chi connectivity index (χ2v) is 6.43. The molecule has 0 radical (unpaired) electrons. The summed E-state index contributed by atoms with van der Waals surface area (Å²) in [6.07, 6.45) is 3.77. The topological polar surface area (TPSA) is 56.2 Å². The maximum atomic E-state index is 4.53. The molecule has 0 bridgehead atoms. The van der Waals surface area contributed by atoms with Crippen LogP contribution in [0.2, 0.25) is 0 Å². The Morgan fingerprint density at radius 3 is 1.10 bits per heavy atom. The van der Waals surface area contributed by atoms with Crippen LogP contribution in [-0.4, -0.2) is 17.9 Å². The van der Waals surface area contributed by atoms with Gasteiger partial charge in [-0.3, -0.25) is 9.98 Å². The Morgan fingerprint density at radius 1 is 0.414 bits per heavy atom. The third-order valence-electron chi connectivity index (χ3n) is 4.39. The van der Waals surface area contributed by atoms with Crippen LogP contribution in [0.5, 0.6) is 0 Å². The minimum atomic E-state index is 0. The number of aliphatic imine (C=N–C) groups is 2. The van der Waals surface area contributed by atoms with Gasteiger partial charge in [-0.15, -0.1) is 0 Å². The molecular weight excluding hydrogens is 356 g/mol. The molecule has 0 fully saturated rings. The van der Waals surface area contributed by atoms with Gasteiger partial charge in [0.05, 0.1) is 11.4 Å². The van der Waals surface area contributed by atoms with E-state index in [9.17, 15) is 0 Å². The summed E-state index contributed by atoms with van der Waals surface area (Å²) in [6, 6.07) is 36.8. The van der Waals surface area contributed by atoms with Crippen molar-refractivity contribution in [2.45, 2.75) is 0 Å². The largest absolute Gasteiger partial charge is 0.412 e. The van der Waals surface area contributed by atoms with Crippen LogP contribution in [-0.2, 0) is 0 Å². The molecule has 4 aromatic rings. The van der Waals surface area contributed by atoms with Crippen molar-refractivity contribution < 1.29 is 5.48 Å². The lowest BCUT2D eigenvalue weighted by molar-refractivity contribution is 0.824. The van der Waals surface area contributed by atoms with Crippen molar-refractivity contribution in [1.29, 1.82) is 0 Å². The standard InChI is InChI=1S/C26H20N2.H2O/c1-3-7-21(8-4-1)19-27-25-15-11-23(12-16-25)24-13-17-26(18-14-24)28-20-22-9-5-2-6-10-22;/h1-20H;1H2. The quantitative estimate of drug-likeness (QED) is 0.381. The number of hydrogen-bond acceptors (Lipinski definition) is 2. The van der Waals surface area contributed by atoms with E-state index < -0.39 is 0 Å². The van der Waals surface area contributed by atoms with Crippen molar-refractivity contribution in [2.24, 2.45) is 9.98 Å². The summed E-state index contributed by atoms with van der Waals surface area (Å²) in [7, 11) is 0. The van der Waals surface area contributed by atoms with Crippen LogP contribution in [0.15, 0.2) is 119 Å². The maximum Gasteiger partial charge on any atom is 0.0630 e. The van der Waals surface area contributed by atoms with Gasteiger partial charge in [0, 0.05) is 12.4 Å². The highest BCUT2D eigenvalue weighted by Crippen LogP contribution is 2.25. The highest BCUT2D eigenvalue weighted by atomic mass is 16.0. The van der Waals surface area contributed by atoms with Crippen LogP contribution in [0.4, 0.5) is 11.4 Å². The second-order valence-electron chi connectivity index (χ2n) is 6.43. The molecule has 4 rings (SSSR count). The van der Waals surface area contributed by atoms with Crippen molar-refractivity contribution in [3.05, 3.63) is 120 Å². The van der Waals surface area contributed by atoms with Gasteiger partial charge in [-0.2, -0.15) is 0 Å². The molecular formula is C26H22N2O. The molecule has 0 heterocycles. The summed E-state index contributed by atoms with van der Waals surface area (Å²) in [5.41, 5.74) is 6.40. The van der Waals surface area contributed by atoms with Crippen molar-refractivity contribution >= 4 is 23.8 Å². The van der Waals surface area contributed by atoms with E-state index in [1.807, 2.05) is 97.4 Å². The predicted octanol–water partition coefficient (Wildman–Crippen LogP) is 6.03. The van der Waals surface area contributed by atoms with E-state index in [1.54, 1.807) is 0 Å². The molecule has 0 amide bonds. The summed E-state index contributed by atoms with van der Waals surface area (Å²) < 4.78 is 0. The van der Waals surface area contributed by atoms with Crippen LogP contribution in [0, 0.1) is 0 Å². The lowest BCUT2D eigenvalue weighted by atomic mass is 10.1. The summed E-state index contributed by atoms with van der Waals surface area (Å²) in [6.45, 7) is 0. The Balaban J connectivity index is 0.00000240. The van der Waals surface area contributed by atoms with Crippen LogP contribution in [0.25, 0.3) is 11.1 Å². The number of nitrogens with zero attached hydrogens (tertiary/aromatic N) is 2. The first-order valence-corrected chi connectivity index (χ1v) is 9.26. The monoisotopic (exact) mass is 378 g/mol. The van der Waals surface area contributed by atoms with E-state index >= 15 is 0 Å². The van der Waals surface area contributed by atoms with Crippen LogP contribution >= 0.6 is 0 Å². The molecule has 0 aliphatic carbocycles. The van der Waals surface area contributed by atoms with Gasteiger partial charge in [-0.1, -0.05) is 84.9 Å². The molecule has 29 heavy (non-hydrogen) atoms. The molecule has 0 aromatic heterocycles. The van der Waals surface area contributed by atoms with Gasteiger partial charge in [-0.25, -0.2) is 0 Å². The normalized spacial score (nSPS) is 10.9. The summed E-state index contributed by atoms with van der Waals surface area (Å²) >= 11 is 0. The van der Waals surface area contributed by atoms with E-state index in [0.29, 0.717) is 0 Å². The van der Waals surface area contributed by atoms with Gasteiger partial charge < -0.3 is 5.48 Å². The highest BCUT2D eigenvalue weighted by molar-refractivity contribution is 5.83. The molecule has 0 atom stereocenters. The summed E-state index contributed by atoms with van der Waals surface area (Å²) in [4.78, 5) is 9.07. The Labute approximate surface area is 171 Å². The Hall–Kier alpha value is -3.82. The molecule has 0 saturated carbocycles. The minimum Gasteiger partial charge on any atom is -0.412 e. The minimum absolute atomic E-state index is 0. The van der Waals surface area contributed by atoms with E-state index in [-0.39, 0.29) is 5.48 Å². The van der Waals surface area contributed by atoms with E-state index in [1.165, 1.54) is 0 Å². The molecule has 142 valence electrons. The average molecular weight is 378 g/mol. The van der Waals surface area contributed by atoms with Gasteiger partial charge in [0.15, 0.2) is 0 Å². The smallest absolute Gasteiger partial charge is 0.0630 e. The van der Waals surface area contributed by atoms with Gasteiger partial charge in [0.1, 0.15) is 0 Å². The number of benzene rings is 4. The Kier molecular flexibility index (Phi) is 6.82. The van der Waals surface area contributed by atoms with Gasteiger partial charge in [0.2, 0.25) is 0 Å². The highest BCUT2D eigenvalue weighted by Gasteiger charge is 1.98. The van der Waals surface area contributed by atoms with Crippen molar-refractivity contribution in [1.82, 2.24) is 0 Å². The van der Waals surface area contributed by atoms with Crippen LogP contribution < -0.4 is 0 Å². The predicted molar refractivity (Wildman–Crippen MR) is 123 cm³/mol. The zero-order valence-electron chi connectivity index (χ0n) is 15.9. The molecule has 0 aliphatic heterocycles. The lowest BCUT2D eigenvalue weighted by Gasteiger charge is -2.03. The first kappa shape index (κ1) is 19.9. The Bertz CT molecular complexity index is 978. The zero-order valence-corrected chi connectivity index (χ0v) is 15.9. The summed E-state index contributed by atoms with van der Waals surface area (Å²) in [5, 5.41) is 0. The van der Waals surface area contributed by atoms with E-state index in [0.717, 1.165) is 33.6 Å². The molecule has 2 N–H and O–H groups in total. The van der Waals surface area contributed by atoms with E-state index in [4.69, 9.17) is 0 Å². The molecule has 3 nitrogen and oxygen atoms in total. The molecule has 4 aromatic carbocycles. The fraction of sp³-hybridized carbons (Fsp3) is 0. The lowest BCUT2D eigenvalue weighted by Crippen LogP contribution is -1.80. The molecule has 0 saturated heterocycles. The maximum absolute atomic E-state index is 4.53. The number of rotatable bonds is 5. The third-order valence-corrected chi connectivity index (χ3v) is 4.39. The van der Waals surface area contributed by atoms with Crippen molar-refractivity contribution in [2.75, 3.05) is 0 Å². The average Bonchev–Trinajstić information content (AvgIpc) is 2.78. The van der Waals surface area contributed by atoms with E-state index in [2.05, 4.69) is 34.3 Å². The fourth-order valence-corrected chi connectivity index (χ4v) is 2.86. The first-order chi connectivity index (χ1) is 13.9. The second kappa shape index (κ2) is 9.93. The van der Waals surface area contributed by atoms with Crippen LogP contribution in [0.3, 0.4) is 0 Å². The molecule has 0 aliphatic rings. The third kappa shape index (κ3) is 5.58. The zero-order chi connectivity index (χ0) is 19.0. The van der Waals surface area contributed by atoms with Gasteiger partial charge in [-0.05, 0) is 46.5 Å². The van der Waals surface area contributed by atoms with Crippen molar-refractivity contribution in [3.8, 4) is 11.1 Å². The molecule has 0 spiro atoms. The van der Waals surface area contributed by atoms with Gasteiger partial charge >= 0.3 is 0 Å². The number of hydrogen-bond donors (Lipinski definition) is 0.